The van der Waals surface area contributed by atoms with Crippen LogP contribution < -0.4 is 5.32 Å². The van der Waals surface area contributed by atoms with Gasteiger partial charge in [-0.15, -0.1) is 0 Å². The van der Waals surface area contributed by atoms with E-state index in [9.17, 15) is 8.78 Å². The van der Waals surface area contributed by atoms with Crippen LogP contribution in [0, 0.1) is 11.6 Å². The summed E-state index contributed by atoms with van der Waals surface area (Å²) in [5.41, 5.74) is 2.92. The summed E-state index contributed by atoms with van der Waals surface area (Å²) >= 11 is 0. The van der Waals surface area contributed by atoms with E-state index in [1.165, 1.54) is 12.1 Å². The van der Waals surface area contributed by atoms with Crippen molar-refractivity contribution in [3.8, 4) is 0 Å². The zero-order valence-corrected chi connectivity index (χ0v) is 12.7. The maximum atomic E-state index is 13.4. The van der Waals surface area contributed by atoms with E-state index in [0.29, 0.717) is 6.42 Å². The first-order chi connectivity index (χ1) is 10.0. The first kappa shape index (κ1) is 15.6. The Kier molecular flexibility index (Phi) is 5.07. The molecule has 21 heavy (non-hydrogen) atoms. The van der Waals surface area contributed by atoms with E-state index in [1.54, 1.807) is 10.7 Å². The monoisotopic (exact) mass is 293 g/mol. The zero-order chi connectivity index (χ0) is 15.4. The summed E-state index contributed by atoms with van der Waals surface area (Å²) < 4.78 is 28.2. The Morgan fingerprint density at radius 2 is 2.00 bits per heavy atom. The third kappa shape index (κ3) is 3.67. The second kappa shape index (κ2) is 6.80. The molecule has 1 heterocycles. The van der Waals surface area contributed by atoms with Gasteiger partial charge in [0.2, 0.25) is 0 Å². The fourth-order valence-electron chi connectivity index (χ4n) is 2.56. The Hall–Kier alpha value is -1.75. The number of hydrogen-bond donors (Lipinski definition) is 1. The highest BCUT2D eigenvalue weighted by molar-refractivity contribution is 5.26. The molecule has 2 aromatic rings. The maximum Gasteiger partial charge on any atom is 0.159 e. The fraction of sp³-hybridized carbons (Fsp3) is 0.438. The van der Waals surface area contributed by atoms with Crippen LogP contribution in [0.3, 0.4) is 0 Å². The second-order valence-electron chi connectivity index (χ2n) is 5.12. The molecule has 0 saturated heterocycles. The molecule has 1 aromatic heterocycles. The third-order valence-corrected chi connectivity index (χ3v) is 3.52. The lowest BCUT2D eigenvalue weighted by Crippen LogP contribution is -2.23. The van der Waals surface area contributed by atoms with Crippen molar-refractivity contribution in [2.45, 2.75) is 32.7 Å². The predicted octanol–water partition coefficient (Wildman–Crippen LogP) is 3.15. The fourth-order valence-corrected chi connectivity index (χ4v) is 2.56. The van der Waals surface area contributed by atoms with Crippen LogP contribution in [0.5, 0.6) is 0 Å². The molecule has 0 fully saturated rings. The first-order valence-corrected chi connectivity index (χ1v) is 7.24. The van der Waals surface area contributed by atoms with Crippen molar-refractivity contribution in [1.29, 1.82) is 0 Å². The lowest BCUT2D eigenvalue weighted by molar-refractivity contribution is 0.502. The van der Waals surface area contributed by atoms with Crippen LogP contribution in [0.4, 0.5) is 8.78 Å². The van der Waals surface area contributed by atoms with E-state index in [4.69, 9.17) is 0 Å². The van der Waals surface area contributed by atoms with Gasteiger partial charge >= 0.3 is 0 Å². The molecule has 0 aliphatic rings. The number of halogens is 2. The molecule has 0 aliphatic heterocycles. The molecule has 114 valence electrons. The molecule has 0 spiro atoms. The van der Waals surface area contributed by atoms with Gasteiger partial charge in [-0.2, -0.15) is 5.10 Å². The second-order valence-corrected chi connectivity index (χ2v) is 5.12. The summed E-state index contributed by atoms with van der Waals surface area (Å²) in [4.78, 5) is 0. The molecule has 0 saturated carbocycles. The molecule has 3 nitrogen and oxygen atoms in total. The molecule has 5 heteroatoms. The van der Waals surface area contributed by atoms with E-state index in [1.807, 2.05) is 20.2 Å². The Morgan fingerprint density at radius 1 is 1.24 bits per heavy atom. The van der Waals surface area contributed by atoms with Crippen molar-refractivity contribution in [3.63, 3.8) is 0 Å². The van der Waals surface area contributed by atoms with E-state index in [-0.39, 0.29) is 6.04 Å². The molecule has 1 aromatic carbocycles. The minimum atomic E-state index is -0.811. The van der Waals surface area contributed by atoms with Crippen molar-refractivity contribution in [3.05, 3.63) is 52.9 Å². The van der Waals surface area contributed by atoms with Crippen molar-refractivity contribution in [1.82, 2.24) is 15.1 Å². The highest BCUT2D eigenvalue weighted by atomic mass is 19.2. The van der Waals surface area contributed by atoms with Crippen LogP contribution in [0.2, 0.25) is 0 Å². The quantitative estimate of drug-likeness (QED) is 0.886. The molecule has 0 amide bonds. The lowest BCUT2D eigenvalue weighted by Gasteiger charge is -2.18. The lowest BCUT2D eigenvalue weighted by atomic mass is 9.98. The van der Waals surface area contributed by atoms with Crippen LogP contribution in [0.25, 0.3) is 0 Å². The van der Waals surface area contributed by atoms with Gasteiger partial charge in [-0.1, -0.05) is 19.9 Å². The molecule has 1 unspecified atom stereocenters. The Bertz CT molecular complexity index is 608. The summed E-state index contributed by atoms with van der Waals surface area (Å²) in [5.74, 6) is -1.61. The average Bonchev–Trinajstić information content (AvgIpc) is 2.83. The van der Waals surface area contributed by atoms with Gasteiger partial charge in [-0.05, 0) is 37.1 Å². The van der Waals surface area contributed by atoms with Crippen LogP contribution >= 0.6 is 0 Å². The molecular formula is C16H21F2N3. The van der Waals surface area contributed by atoms with E-state index in [2.05, 4.69) is 17.3 Å². The van der Waals surface area contributed by atoms with Crippen LogP contribution in [-0.4, -0.2) is 16.3 Å². The van der Waals surface area contributed by atoms with Gasteiger partial charge in [0.05, 0.1) is 5.69 Å². The van der Waals surface area contributed by atoms with Crippen LogP contribution in [0.1, 0.15) is 36.7 Å². The average molecular weight is 293 g/mol. The van der Waals surface area contributed by atoms with Crippen molar-refractivity contribution in [2.24, 2.45) is 7.05 Å². The number of hydrogen-bond acceptors (Lipinski definition) is 2. The standard InChI is InChI=1S/C16H21F2N3/c1-4-15-12(10-21(3)20-15)16(19-5-2)9-11-6-7-13(17)14(18)8-11/h6-8,10,16,19H,4-5,9H2,1-3H3. The molecule has 0 aliphatic carbocycles. The van der Waals surface area contributed by atoms with E-state index < -0.39 is 11.6 Å². The molecule has 1 N–H and O–H groups in total. The van der Waals surface area contributed by atoms with Crippen LogP contribution in [0.15, 0.2) is 24.4 Å². The van der Waals surface area contributed by atoms with Gasteiger partial charge in [0.15, 0.2) is 11.6 Å². The van der Waals surface area contributed by atoms with Gasteiger partial charge in [0.25, 0.3) is 0 Å². The van der Waals surface area contributed by atoms with Crippen LogP contribution in [-0.2, 0) is 19.9 Å². The smallest absolute Gasteiger partial charge is 0.159 e. The summed E-state index contributed by atoms with van der Waals surface area (Å²) in [7, 11) is 1.89. The summed E-state index contributed by atoms with van der Waals surface area (Å²) in [5, 5.41) is 7.85. The number of aryl methyl sites for hydroxylation is 2. The zero-order valence-electron chi connectivity index (χ0n) is 12.7. The van der Waals surface area contributed by atoms with Gasteiger partial charge < -0.3 is 5.32 Å². The van der Waals surface area contributed by atoms with Crippen molar-refractivity contribution in [2.75, 3.05) is 6.54 Å². The molecule has 2 rings (SSSR count). The van der Waals surface area contributed by atoms with Crippen molar-refractivity contribution < 1.29 is 8.78 Å². The largest absolute Gasteiger partial charge is 0.310 e. The number of nitrogens with zero attached hydrogens (tertiary/aromatic N) is 2. The van der Waals surface area contributed by atoms with Crippen molar-refractivity contribution >= 4 is 0 Å². The SMILES string of the molecule is CCNC(Cc1ccc(F)c(F)c1)c1cn(C)nc1CC. The molecular weight excluding hydrogens is 272 g/mol. The third-order valence-electron chi connectivity index (χ3n) is 3.52. The van der Waals surface area contributed by atoms with Gasteiger partial charge in [-0.3, -0.25) is 4.68 Å². The number of benzene rings is 1. The van der Waals surface area contributed by atoms with Gasteiger partial charge in [0.1, 0.15) is 0 Å². The van der Waals surface area contributed by atoms with E-state index in [0.717, 1.165) is 29.8 Å². The predicted molar refractivity (Wildman–Crippen MR) is 79.1 cm³/mol. The van der Waals surface area contributed by atoms with Gasteiger partial charge in [0, 0.05) is 24.8 Å². The molecule has 1 atom stereocenters. The highest BCUT2D eigenvalue weighted by Crippen LogP contribution is 2.22. The number of nitrogens with one attached hydrogen (secondary N) is 1. The van der Waals surface area contributed by atoms with E-state index >= 15 is 0 Å². The minimum Gasteiger partial charge on any atom is -0.310 e. The number of likely N-dealkylation sites (N-methyl/N-ethyl adjacent to an activating group) is 1. The number of rotatable bonds is 6. The molecule has 0 radical (unpaired) electrons. The topological polar surface area (TPSA) is 29.9 Å². The summed E-state index contributed by atoms with van der Waals surface area (Å²) in [6.07, 6.45) is 3.44. The Balaban J connectivity index is 2.27. The van der Waals surface area contributed by atoms with Gasteiger partial charge in [-0.25, -0.2) is 8.78 Å². The normalized spacial score (nSPS) is 12.6. The number of aromatic nitrogens is 2. The highest BCUT2D eigenvalue weighted by Gasteiger charge is 2.18. The Labute approximate surface area is 124 Å². The minimum absolute atomic E-state index is 0.0449. The molecule has 0 bridgehead atoms. The first-order valence-electron chi connectivity index (χ1n) is 7.24. The maximum absolute atomic E-state index is 13.4. The Morgan fingerprint density at radius 3 is 2.62 bits per heavy atom. The summed E-state index contributed by atoms with van der Waals surface area (Å²) in [6.45, 7) is 4.89. The summed E-state index contributed by atoms with van der Waals surface area (Å²) in [6, 6.07) is 4.12.